The smallest absolute Gasteiger partial charge is 0.330 e. The van der Waals surface area contributed by atoms with Crippen molar-refractivity contribution in [2.24, 2.45) is 5.92 Å². The lowest BCUT2D eigenvalue weighted by Gasteiger charge is -2.28. The third-order valence-corrected chi connectivity index (χ3v) is 9.11. The molecule has 0 aliphatic rings. The third kappa shape index (κ3) is 22.8. The van der Waals surface area contributed by atoms with Crippen molar-refractivity contribution in [1.29, 1.82) is 0 Å². The largest absolute Gasteiger partial charge is 0.478 e. The van der Waals surface area contributed by atoms with Crippen LogP contribution in [0.15, 0.2) is 121 Å². The zero-order valence-electron chi connectivity index (χ0n) is 35.3. The number of amides is 3. The molecule has 0 spiro atoms. The van der Waals surface area contributed by atoms with Gasteiger partial charge in [0.15, 0.2) is 5.60 Å². The van der Waals surface area contributed by atoms with E-state index in [1.807, 2.05) is 24.3 Å². The van der Waals surface area contributed by atoms with Crippen LogP contribution in [-0.2, 0) is 25.5 Å². The van der Waals surface area contributed by atoms with E-state index in [0.717, 1.165) is 44.1 Å². The predicted octanol–water partition coefficient (Wildman–Crippen LogP) is 7.69. The van der Waals surface area contributed by atoms with E-state index in [4.69, 9.17) is 21.1 Å². The molecule has 2 aromatic rings. The number of nitrogens with one attached hydrogen (secondary N) is 3. The van der Waals surface area contributed by atoms with Crippen LogP contribution in [0.3, 0.4) is 0 Å². The SMILES string of the molecule is CC/C=C\C/C=C\C/C=C\C/C=C\C/C=C\C/C=C\CCC(=O)NCC(NC(=O)C(C)(C)Oc1ccc(CCNC(=O)c2ccc(Cl)cc2)cc1)C(=O)OCC(CO)CO. The molecule has 0 aliphatic carbocycles. The van der Waals surface area contributed by atoms with Crippen LogP contribution in [0.5, 0.6) is 5.75 Å². The summed E-state index contributed by atoms with van der Waals surface area (Å²) in [5.41, 5.74) is 0.00747. The van der Waals surface area contributed by atoms with E-state index in [2.05, 4.69) is 83.6 Å². The van der Waals surface area contributed by atoms with Gasteiger partial charge in [-0.3, -0.25) is 14.4 Å². The summed E-state index contributed by atoms with van der Waals surface area (Å²) in [5.74, 6) is -2.28. The minimum absolute atomic E-state index is 0.175. The van der Waals surface area contributed by atoms with Gasteiger partial charge in [-0.1, -0.05) is 104 Å². The second kappa shape index (κ2) is 30.8. The Labute approximate surface area is 361 Å². The number of carbonyl (C=O) groups is 4. The molecule has 0 bridgehead atoms. The minimum Gasteiger partial charge on any atom is -0.478 e. The van der Waals surface area contributed by atoms with Crippen molar-refractivity contribution in [3.8, 4) is 5.75 Å². The summed E-state index contributed by atoms with van der Waals surface area (Å²) in [6, 6.07) is 12.4. The van der Waals surface area contributed by atoms with Crippen LogP contribution in [-0.4, -0.2) is 78.5 Å². The van der Waals surface area contributed by atoms with Crippen LogP contribution < -0.4 is 20.7 Å². The zero-order valence-corrected chi connectivity index (χ0v) is 36.1. The minimum atomic E-state index is -1.44. The van der Waals surface area contributed by atoms with E-state index in [-0.39, 0.29) is 31.4 Å². The highest BCUT2D eigenvalue weighted by Gasteiger charge is 2.34. The molecule has 1 atom stereocenters. The summed E-state index contributed by atoms with van der Waals surface area (Å²) >= 11 is 5.90. The Kier molecular flexibility index (Phi) is 26.1. The average Bonchev–Trinajstić information content (AvgIpc) is 3.24. The van der Waals surface area contributed by atoms with Gasteiger partial charge < -0.3 is 35.6 Å². The van der Waals surface area contributed by atoms with Gasteiger partial charge in [-0.05, 0) is 107 Å². The van der Waals surface area contributed by atoms with Crippen molar-refractivity contribution in [2.45, 2.75) is 90.2 Å². The normalized spacial score (nSPS) is 12.7. The van der Waals surface area contributed by atoms with Gasteiger partial charge in [-0.2, -0.15) is 0 Å². The fraction of sp³-hybridized carbons (Fsp3) is 0.417. The first-order valence-electron chi connectivity index (χ1n) is 20.7. The fourth-order valence-corrected chi connectivity index (χ4v) is 5.36. The molecule has 2 aromatic carbocycles. The molecular weight excluding hydrogens is 782 g/mol. The Balaban J connectivity index is 1.80. The van der Waals surface area contributed by atoms with Gasteiger partial charge in [0, 0.05) is 36.0 Å². The molecule has 0 aliphatic heterocycles. The van der Waals surface area contributed by atoms with E-state index >= 15 is 0 Å². The van der Waals surface area contributed by atoms with E-state index < -0.39 is 42.7 Å². The molecule has 12 heteroatoms. The molecule has 0 radical (unpaired) electrons. The molecule has 11 nitrogen and oxygen atoms in total. The van der Waals surface area contributed by atoms with E-state index in [0.29, 0.717) is 35.7 Å². The number of allylic oxidation sites excluding steroid dienone is 12. The van der Waals surface area contributed by atoms with E-state index in [9.17, 15) is 29.4 Å². The monoisotopic (exact) mass is 845 g/mol. The van der Waals surface area contributed by atoms with Crippen molar-refractivity contribution >= 4 is 35.3 Å². The van der Waals surface area contributed by atoms with Gasteiger partial charge >= 0.3 is 5.97 Å². The molecule has 0 saturated carbocycles. The molecule has 326 valence electrons. The summed E-state index contributed by atoms with van der Waals surface area (Å²) in [7, 11) is 0. The van der Waals surface area contributed by atoms with Crippen LogP contribution in [0.2, 0.25) is 5.02 Å². The maximum absolute atomic E-state index is 13.4. The average molecular weight is 847 g/mol. The van der Waals surface area contributed by atoms with Crippen LogP contribution >= 0.6 is 11.6 Å². The summed E-state index contributed by atoms with van der Waals surface area (Å²) < 4.78 is 11.3. The van der Waals surface area contributed by atoms with Gasteiger partial charge in [-0.25, -0.2) is 4.79 Å². The molecule has 1 unspecified atom stereocenters. The summed E-state index contributed by atoms with van der Waals surface area (Å²) in [6.07, 6.45) is 32.1. The summed E-state index contributed by atoms with van der Waals surface area (Å²) in [4.78, 5) is 51.6. The molecule has 0 aromatic heterocycles. The number of hydrogen-bond acceptors (Lipinski definition) is 8. The first kappa shape index (κ1) is 50.9. The molecule has 5 N–H and O–H groups in total. The highest BCUT2D eigenvalue weighted by molar-refractivity contribution is 6.30. The van der Waals surface area contributed by atoms with E-state index in [1.165, 1.54) is 0 Å². The van der Waals surface area contributed by atoms with Gasteiger partial charge in [-0.15, -0.1) is 0 Å². The maximum Gasteiger partial charge on any atom is 0.330 e. The quantitative estimate of drug-likeness (QED) is 0.0411. The second-order valence-corrected chi connectivity index (χ2v) is 14.9. The third-order valence-electron chi connectivity index (χ3n) is 8.85. The Morgan fingerprint density at radius 3 is 1.80 bits per heavy atom. The second-order valence-electron chi connectivity index (χ2n) is 14.4. The summed E-state index contributed by atoms with van der Waals surface area (Å²) in [5, 5.41) is 27.5. The molecular formula is C48H64ClN3O8. The van der Waals surface area contributed by atoms with Crippen molar-refractivity contribution in [3.63, 3.8) is 0 Å². The number of halogens is 1. The van der Waals surface area contributed by atoms with Crippen molar-refractivity contribution in [1.82, 2.24) is 16.0 Å². The highest BCUT2D eigenvalue weighted by Crippen LogP contribution is 2.20. The van der Waals surface area contributed by atoms with Crippen LogP contribution in [0.25, 0.3) is 0 Å². The number of aliphatic hydroxyl groups excluding tert-OH is 2. The van der Waals surface area contributed by atoms with Crippen LogP contribution in [0.4, 0.5) is 0 Å². The lowest BCUT2D eigenvalue weighted by Crippen LogP contribution is -2.56. The Morgan fingerprint density at radius 1 is 0.733 bits per heavy atom. The number of carbonyl (C=O) groups excluding carboxylic acids is 4. The number of hydrogen-bond donors (Lipinski definition) is 5. The van der Waals surface area contributed by atoms with Crippen molar-refractivity contribution < 1.29 is 38.9 Å². The molecule has 0 heterocycles. The molecule has 0 fully saturated rings. The van der Waals surface area contributed by atoms with Gasteiger partial charge in [0.1, 0.15) is 11.8 Å². The van der Waals surface area contributed by atoms with Crippen molar-refractivity contribution in [2.75, 3.05) is 32.9 Å². The maximum atomic E-state index is 13.4. The number of aliphatic hydroxyl groups is 2. The number of benzene rings is 2. The first-order chi connectivity index (χ1) is 29.0. The van der Waals surface area contributed by atoms with Gasteiger partial charge in [0.2, 0.25) is 5.91 Å². The topological polar surface area (TPSA) is 163 Å². The molecule has 2 rings (SSSR count). The van der Waals surface area contributed by atoms with Gasteiger partial charge in [0.25, 0.3) is 11.8 Å². The number of ether oxygens (including phenoxy) is 2. The fourth-order valence-electron chi connectivity index (χ4n) is 5.24. The van der Waals surface area contributed by atoms with Crippen LogP contribution in [0, 0.1) is 5.92 Å². The lowest BCUT2D eigenvalue weighted by molar-refractivity contribution is -0.151. The molecule has 3 amide bonds. The highest BCUT2D eigenvalue weighted by atomic mass is 35.5. The molecule has 60 heavy (non-hydrogen) atoms. The Morgan fingerprint density at radius 2 is 1.27 bits per heavy atom. The summed E-state index contributed by atoms with van der Waals surface area (Å²) in [6.45, 7) is 4.32. The Bertz CT molecular complexity index is 1740. The van der Waals surface area contributed by atoms with Crippen LogP contribution in [0.1, 0.15) is 88.1 Å². The standard InChI is InChI=1S/C48H64ClN3O8/c1-4-5-6-7-8-9-10-11-12-13-14-15-16-17-18-19-20-21-22-23-44(55)51-34-43(46(57)59-37-39(35-53)36-54)52-47(58)48(2,3)60-42-30-24-38(25-31-42)32-33-50-45(56)40-26-28-41(49)29-27-40/h5-6,8-9,11-12,14-15,17-18,20-21,24-31,39,43,53-54H,4,7,10,13,16,19,22-23,32-37H2,1-3H3,(H,50,56)(H,51,55)(H,52,58)/b6-5-,9-8-,12-11-,15-14-,18-17-,21-20-. The molecule has 0 saturated heterocycles. The number of esters is 1. The van der Waals surface area contributed by atoms with Crippen molar-refractivity contribution in [3.05, 3.63) is 138 Å². The first-order valence-corrected chi connectivity index (χ1v) is 21.0. The van der Waals surface area contributed by atoms with E-state index in [1.54, 1.807) is 50.2 Å². The lowest BCUT2D eigenvalue weighted by atomic mass is 10.1. The Hall–Kier alpha value is -5.23. The predicted molar refractivity (Wildman–Crippen MR) is 240 cm³/mol. The number of rotatable bonds is 29. The van der Waals surface area contributed by atoms with Gasteiger partial charge in [0.05, 0.1) is 19.8 Å². The zero-order chi connectivity index (χ0) is 43.9.